The van der Waals surface area contributed by atoms with Crippen molar-refractivity contribution in [3.63, 3.8) is 0 Å². The Morgan fingerprint density at radius 2 is 2.07 bits per heavy atom. The SMILES string of the molecule is Cn1ncc2c1CC(C)(C)C(=O)C2=O. The molecule has 0 aromatic carbocycles. The Balaban J connectivity index is 2.61. The molecule has 4 heteroatoms. The summed E-state index contributed by atoms with van der Waals surface area (Å²) in [6.07, 6.45) is 2.06. The summed E-state index contributed by atoms with van der Waals surface area (Å²) in [7, 11) is 1.79. The number of nitrogens with zero attached hydrogens (tertiary/aromatic N) is 2. The van der Waals surface area contributed by atoms with Crippen molar-refractivity contribution in [2.75, 3.05) is 0 Å². The van der Waals surface area contributed by atoms with Gasteiger partial charge in [-0.2, -0.15) is 5.10 Å². The minimum absolute atomic E-state index is 0.307. The number of carbonyl (C=O) groups excluding carboxylic acids is 2. The molecule has 1 aliphatic rings. The Morgan fingerprint density at radius 3 is 2.71 bits per heavy atom. The van der Waals surface area contributed by atoms with E-state index in [0.717, 1.165) is 5.69 Å². The highest BCUT2D eigenvalue weighted by Crippen LogP contribution is 2.31. The lowest BCUT2D eigenvalue weighted by Gasteiger charge is -2.26. The van der Waals surface area contributed by atoms with E-state index in [2.05, 4.69) is 5.10 Å². The average Bonchev–Trinajstić information content (AvgIpc) is 2.44. The molecule has 74 valence electrons. The van der Waals surface area contributed by atoms with Gasteiger partial charge < -0.3 is 0 Å². The first kappa shape index (κ1) is 9.12. The van der Waals surface area contributed by atoms with Crippen LogP contribution < -0.4 is 0 Å². The van der Waals surface area contributed by atoms with E-state index >= 15 is 0 Å². The van der Waals surface area contributed by atoms with E-state index in [0.29, 0.717) is 12.0 Å². The topological polar surface area (TPSA) is 52.0 Å². The fourth-order valence-electron chi connectivity index (χ4n) is 1.79. The molecule has 0 unspecified atom stereocenters. The van der Waals surface area contributed by atoms with Gasteiger partial charge in [0.2, 0.25) is 11.6 Å². The van der Waals surface area contributed by atoms with Crippen LogP contribution in [0.1, 0.15) is 29.9 Å². The third-order valence-electron chi connectivity index (χ3n) is 2.74. The Labute approximate surface area is 81.9 Å². The monoisotopic (exact) mass is 192 g/mol. The molecule has 0 atom stereocenters. The standard InChI is InChI=1S/C10H12N2O2/c1-10(2)4-7-6(5-11-12(7)3)8(13)9(10)14/h5H,4H2,1-3H3. The van der Waals surface area contributed by atoms with E-state index in [1.807, 2.05) is 0 Å². The second-order valence-electron chi connectivity index (χ2n) is 4.35. The molecule has 0 bridgehead atoms. The largest absolute Gasteiger partial charge is 0.290 e. The molecule has 1 aliphatic carbocycles. The number of rotatable bonds is 0. The van der Waals surface area contributed by atoms with Crippen molar-refractivity contribution in [3.8, 4) is 0 Å². The van der Waals surface area contributed by atoms with E-state index in [-0.39, 0.29) is 5.78 Å². The summed E-state index contributed by atoms with van der Waals surface area (Å²) in [6, 6.07) is 0. The van der Waals surface area contributed by atoms with Crippen LogP contribution in [0.15, 0.2) is 6.20 Å². The molecular formula is C10H12N2O2. The van der Waals surface area contributed by atoms with Gasteiger partial charge in [0.25, 0.3) is 0 Å². The molecule has 0 saturated carbocycles. The van der Waals surface area contributed by atoms with Crippen LogP contribution in [0.2, 0.25) is 0 Å². The maximum Gasteiger partial charge on any atom is 0.232 e. The van der Waals surface area contributed by atoms with Crippen LogP contribution in [0.5, 0.6) is 0 Å². The fourth-order valence-corrected chi connectivity index (χ4v) is 1.79. The molecule has 1 aromatic rings. The lowest BCUT2D eigenvalue weighted by Crippen LogP contribution is -2.38. The minimum Gasteiger partial charge on any atom is -0.290 e. The van der Waals surface area contributed by atoms with Gasteiger partial charge in [-0.25, -0.2) is 0 Å². The van der Waals surface area contributed by atoms with E-state index in [4.69, 9.17) is 0 Å². The molecule has 0 aliphatic heterocycles. The zero-order valence-corrected chi connectivity index (χ0v) is 8.50. The summed E-state index contributed by atoms with van der Waals surface area (Å²) < 4.78 is 1.67. The van der Waals surface area contributed by atoms with Gasteiger partial charge in [-0.1, -0.05) is 13.8 Å². The fraction of sp³-hybridized carbons (Fsp3) is 0.500. The van der Waals surface area contributed by atoms with Gasteiger partial charge in [-0.05, 0) is 0 Å². The van der Waals surface area contributed by atoms with Crippen LogP contribution in [-0.2, 0) is 18.3 Å². The highest BCUT2D eigenvalue weighted by molar-refractivity contribution is 6.46. The highest BCUT2D eigenvalue weighted by Gasteiger charge is 2.41. The van der Waals surface area contributed by atoms with Gasteiger partial charge in [0.15, 0.2) is 0 Å². The summed E-state index contributed by atoms with van der Waals surface area (Å²) in [6.45, 7) is 3.59. The third-order valence-corrected chi connectivity index (χ3v) is 2.74. The number of carbonyl (C=O) groups is 2. The van der Waals surface area contributed by atoms with Crippen molar-refractivity contribution in [2.24, 2.45) is 12.5 Å². The minimum atomic E-state index is -0.585. The lowest BCUT2D eigenvalue weighted by molar-refractivity contribution is -0.123. The van der Waals surface area contributed by atoms with Gasteiger partial charge in [-0.3, -0.25) is 14.3 Å². The molecular weight excluding hydrogens is 180 g/mol. The predicted octanol–water partition coefficient (Wildman–Crippen LogP) is 0.754. The first-order valence-electron chi connectivity index (χ1n) is 4.53. The van der Waals surface area contributed by atoms with Gasteiger partial charge >= 0.3 is 0 Å². The first-order valence-corrected chi connectivity index (χ1v) is 4.53. The van der Waals surface area contributed by atoms with Gasteiger partial charge in [0.1, 0.15) is 0 Å². The maximum absolute atomic E-state index is 11.6. The van der Waals surface area contributed by atoms with E-state index < -0.39 is 11.2 Å². The summed E-state index contributed by atoms with van der Waals surface area (Å²) in [5.41, 5.74) is 0.745. The zero-order chi connectivity index (χ0) is 10.5. The predicted molar refractivity (Wildman–Crippen MR) is 50.0 cm³/mol. The zero-order valence-electron chi connectivity index (χ0n) is 8.50. The molecule has 0 N–H and O–H groups in total. The van der Waals surface area contributed by atoms with Gasteiger partial charge in [-0.15, -0.1) is 0 Å². The van der Waals surface area contributed by atoms with Crippen LogP contribution in [0.3, 0.4) is 0 Å². The molecule has 4 nitrogen and oxygen atoms in total. The number of ketones is 2. The van der Waals surface area contributed by atoms with E-state index in [1.54, 1.807) is 25.6 Å². The van der Waals surface area contributed by atoms with Crippen molar-refractivity contribution in [1.82, 2.24) is 9.78 Å². The Hall–Kier alpha value is -1.45. The molecule has 2 rings (SSSR count). The molecule has 14 heavy (non-hydrogen) atoms. The quantitative estimate of drug-likeness (QED) is 0.570. The lowest BCUT2D eigenvalue weighted by atomic mass is 9.75. The molecule has 1 aromatic heterocycles. The maximum atomic E-state index is 11.6. The molecule has 0 spiro atoms. The Kier molecular flexibility index (Phi) is 1.65. The van der Waals surface area contributed by atoms with E-state index in [1.165, 1.54) is 6.20 Å². The molecule has 0 saturated heterocycles. The summed E-state index contributed by atoms with van der Waals surface area (Å²) >= 11 is 0. The normalized spacial score (nSPS) is 19.6. The van der Waals surface area contributed by atoms with Crippen molar-refractivity contribution in [3.05, 3.63) is 17.5 Å². The van der Waals surface area contributed by atoms with Crippen molar-refractivity contribution < 1.29 is 9.59 Å². The van der Waals surface area contributed by atoms with Crippen LogP contribution in [0, 0.1) is 5.41 Å². The number of aryl methyl sites for hydroxylation is 1. The van der Waals surface area contributed by atoms with E-state index in [9.17, 15) is 9.59 Å². The summed E-state index contributed by atoms with van der Waals surface area (Å²) in [4.78, 5) is 23.3. The summed E-state index contributed by atoms with van der Waals surface area (Å²) in [5.74, 6) is -0.706. The van der Waals surface area contributed by atoms with Crippen LogP contribution in [0.4, 0.5) is 0 Å². The van der Waals surface area contributed by atoms with Crippen LogP contribution in [-0.4, -0.2) is 21.3 Å². The number of Topliss-reactive ketones (excluding diaryl/α,β-unsaturated/α-hetero) is 2. The summed E-state index contributed by atoms with van der Waals surface area (Å²) in [5, 5.41) is 3.99. The average molecular weight is 192 g/mol. The molecule has 0 amide bonds. The first-order chi connectivity index (χ1) is 6.43. The molecule has 0 fully saturated rings. The number of hydrogen-bond donors (Lipinski definition) is 0. The van der Waals surface area contributed by atoms with Crippen LogP contribution >= 0.6 is 0 Å². The van der Waals surface area contributed by atoms with Crippen LogP contribution in [0.25, 0.3) is 0 Å². The van der Waals surface area contributed by atoms with Crippen molar-refractivity contribution in [2.45, 2.75) is 20.3 Å². The second kappa shape index (κ2) is 2.53. The Bertz CT molecular complexity index is 429. The number of aromatic nitrogens is 2. The molecule has 0 radical (unpaired) electrons. The Morgan fingerprint density at radius 1 is 1.43 bits per heavy atom. The number of fused-ring (bicyclic) bond motifs is 1. The molecule has 1 heterocycles. The third kappa shape index (κ3) is 1.03. The highest BCUT2D eigenvalue weighted by atomic mass is 16.2. The van der Waals surface area contributed by atoms with Crippen molar-refractivity contribution in [1.29, 1.82) is 0 Å². The second-order valence-corrected chi connectivity index (χ2v) is 4.35. The van der Waals surface area contributed by atoms with Gasteiger partial charge in [0, 0.05) is 18.9 Å². The van der Waals surface area contributed by atoms with Crippen molar-refractivity contribution >= 4 is 11.6 Å². The van der Waals surface area contributed by atoms with Gasteiger partial charge in [0.05, 0.1) is 17.5 Å². The smallest absolute Gasteiger partial charge is 0.232 e. The number of hydrogen-bond acceptors (Lipinski definition) is 3.